The SMILES string of the molecule is CCNC(Cc1ccc(F)cc1F)c1ncccc1F. The maximum absolute atomic E-state index is 13.8. The number of nitrogens with zero attached hydrogens (tertiary/aromatic N) is 1. The predicted molar refractivity (Wildman–Crippen MR) is 70.7 cm³/mol. The summed E-state index contributed by atoms with van der Waals surface area (Å²) in [5.74, 6) is -1.71. The van der Waals surface area contributed by atoms with Gasteiger partial charge in [0.05, 0.1) is 11.7 Å². The van der Waals surface area contributed by atoms with E-state index in [1.807, 2.05) is 6.92 Å². The largest absolute Gasteiger partial charge is 0.309 e. The van der Waals surface area contributed by atoms with Gasteiger partial charge in [-0.3, -0.25) is 4.98 Å². The van der Waals surface area contributed by atoms with Crippen molar-refractivity contribution in [3.63, 3.8) is 0 Å². The lowest BCUT2D eigenvalue weighted by Crippen LogP contribution is -2.25. The Kier molecular flexibility index (Phi) is 4.74. The molecule has 1 N–H and O–H groups in total. The molecule has 5 heteroatoms. The van der Waals surface area contributed by atoms with Gasteiger partial charge in [0.2, 0.25) is 0 Å². The Hall–Kier alpha value is -1.88. The second-order valence-electron chi connectivity index (χ2n) is 4.42. The average Bonchev–Trinajstić information content (AvgIpc) is 2.42. The first-order chi connectivity index (χ1) is 9.61. The van der Waals surface area contributed by atoms with Crippen molar-refractivity contribution in [3.05, 3.63) is 65.2 Å². The zero-order valence-corrected chi connectivity index (χ0v) is 11.0. The van der Waals surface area contributed by atoms with Gasteiger partial charge in [-0.1, -0.05) is 13.0 Å². The summed E-state index contributed by atoms with van der Waals surface area (Å²) in [6.07, 6.45) is 1.69. The molecule has 0 radical (unpaired) electrons. The minimum atomic E-state index is -0.635. The van der Waals surface area contributed by atoms with Crippen molar-refractivity contribution in [1.29, 1.82) is 0 Å². The average molecular weight is 280 g/mol. The maximum atomic E-state index is 13.8. The van der Waals surface area contributed by atoms with Crippen LogP contribution < -0.4 is 5.32 Å². The smallest absolute Gasteiger partial charge is 0.146 e. The fraction of sp³-hybridized carbons (Fsp3) is 0.267. The zero-order chi connectivity index (χ0) is 14.5. The van der Waals surface area contributed by atoms with Gasteiger partial charge >= 0.3 is 0 Å². The minimum Gasteiger partial charge on any atom is -0.309 e. The van der Waals surface area contributed by atoms with E-state index >= 15 is 0 Å². The Balaban J connectivity index is 2.28. The van der Waals surface area contributed by atoms with Gasteiger partial charge in [0.1, 0.15) is 17.5 Å². The number of nitrogens with one attached hydrogen (secondary N) is 1. The molecular formula is C15H15F3N2. The second kappa shape index (κ2) is 6.52. The van der Waals surface area contributed by atoms with Gasteiger partial charge in [0.15, 0.2) is 0 Å². The molecule has 1 aromatic carbocycles. The van der Waals surface area contributed by atoms with E-state index in [9.17, 15) is 13.2 Å². The van der Waals surface area contributed by atoms with Crippen LogP contribution in [0.25, 0.3) is 0 Å². The van der Waals surface area contributed by atoms with Crippen LogP contribution in [0, 0.1) is 17.5 Å². The van der Waals surface area contributed by atoms with Crippen molar-refractivity contribution < 1.29 is 13.2 Å². The quantitative estimate of drug-likeness (QED) is 0.908. The monoisotopic (exact) mass is 280 g/mol. The zero-order valence-electron chi connectivity index (χ0n) is 11.0. The van der Waals surface area contributed by atoms with Crippen LogP contribution >= 0.6 is 0 Å². The summed E-state index contributed by atoms with van der Waals surface area (Å²) in [5.41, 5.74) is 0.556. The van der Waals surface area contributed by atoms with Crippen LogP contribution in [0.5, 0.6) is 0 Å². The molecular weight excluding hydrogens is 265 g/mol. The first-order valence-corrected chi connectivity index (χ1v) is 6.39. The highest BCUT2D eigenvalue weighted by molar-refractivity contribution is 5.22. The second-order valence-corrected chi connectivity index (χ2v) is 4.42. The summed E-state index contributed by atoms with van der Waals surface area (Å²) < 4.78 is 40.4. The van der Waals surface area contributed by atoms with E-state index in [1.165, 1.54) is 30.5 Å². The summed E-state index contributed by atoms with van der Waals surface area (Å²) in [6.45, 7) is 2.46. The lowest BCUT2D eigenvalue weighted by Gasteiger charge is -2.18. The van der Waals surface area contributed by atoms with Crippen molar-refractivity contribution in [3.8, 4) is 0 Å². The lowest BCUT2D eigenvalue weighted by atomic mass is 10.0. The number of hydrogen-bond donors (Lipinski definition) is 1. The van der Waals surface area contributed by atoms with Crippen molar-refractivity contribution in [2.24, 2.45) is 0 Å². The van der Waals surface area contributed by atoms with Crippen molar-refractivity contribution in [2.45, 2.75) is 19.4 Å². The first-order valence-electron chi connectivity index (χ1n) is 6.39. The molecule has 2 rings (SSSR count). The molecule has 1 heterocycles. The van der Waals surface area contributed by atoms with Crippen molar-refractivity contribution >= 4 is 0 Å². The highest BCUT2D eigenvalue weighted by Gasteiger charge is 2.18. The number of likely N-dealkylation sites (N-methyl/N-ethyl adjacent to an activating group) is 1. The van der Waals surface area contributed by atoms with Crippen LogP contribution in [0.1, 0.15) is 24.2 Å². The van der Waals surface area contributed by atoms with Crippen LogP contribution in [0.3, 0.4) is 0 Å². The van der Waals surface area contributed by atoms with E-state index in [0.29, 0.717) is 12.1 Å². The molecule has 0 spiro atoms. The molecule has 1 aromatic heterocycles. The van der Waals surface area contributed by atoms with E-state index < -0.39 is 23.5 Å². The molecule has 0 aliphatic carbocycles. The summed E-state index contributed by atoms with van der Waals surface area (Å²) in [7, 11) is 0. The van der Waals surface area contributed by atoms with Gasteiger partial charge in [-0.15, -0.1) is 0 Å². The summed E-state index contributed by atoms with van der Waals surface area (Å²) in [5, 5.41) is 3.07. The Morgan fingerprint density at radius 3 is 2.60 bits per heavy atom. The topological polar surface area (TPSA) is 24.9 Å². The standard InChI is InChI=1S/C15H15F3N2/c1-2-19-14(15-12(17)4-3-7-20-15)8-10-5-6-11(16)9-13(10)18/h3-7,9,14,19H,2,8H2,1H3. The molecule has 0 fully saturated rings. The van der Waals surface area contributed by atoms with E-state index in [0.717, 1.165) is 6.07 Å². The van der Waals surface area contributed by atoms with Gasteiger partial charge in [-0.25, -0.2) is 13.2 Å². The molecule has 0 saturated heterocycles. The molecule has 2 aromatic rings. The number of pyridine rings is 1. The van der Waals surface area contributed by atoms with Crippen LogP contribution in [0.2, 0.25) is 0 Å². The number of hydrogen-bond acceptors (Lipinski definition) is 2. The molecule has 0 aliphatic heterocycles. The Morgan fingerprint density at radius 2 is 1.95 bits per heavy atom. The number of benzene rings is 1. The van der Waals surface area contributed by atoms with Crippen LogP contribution in [0.15, 0.2) is 36.5 Å². The highest BCUT2D eigenvalue weighted by atomic mass is 19.1. The minimum absolute atomic E-state index is 0.202. The van der Waals surface area contributed by atoms with E-state index in [2.05, 4.69) is 10.3 Å². The molecule has 0 saturated carbocycles. The molecule has 1 atom stereocenters. The molecule has 20 heavy (non-hydrogen) atoms. The summed E-state index contributed by atoms with van der Waals surface area (Å²) >= 11 is 0. The van der Waals surface area contributed by atoms with Gasteiger partial charge < -0.3 is 5.32 Å². The van der Waals surface area contributed by atoms with Crippen molar-refractivity contribution in [1.82, 2.24) is 10.3 Å². The predicted octanol–water partition coefficient (Wildman–Crippen LogP) is 3.39. The fourth-order valence-corrected chi connectivity index (χ4v) is 2.07. The van der Waals surface area contributed by atoms with Gasteiger partial charge in [-0.2, -0.15) is 0 Å². The summed E-state index contributed by atoms with van der Waals surface area (Å²) in [4.78, 5) is 4.01. The van der Waals surface area contributed by atoms with E-state index in [-0.39, 0.29) is 12.1 Å². The van der Waals surface area contributed by atoms with Crippen LogP contribution in [-0.4, -0.2) is 11.5 Å². The van der Waals surface area contributed by atoms with Gasteiger partial charge in [-0.05, 0) is 36.7 Å². The maximum Gasteiger partial charge on any atom is 0.146 e. The van der Waals surface area contributed by atoms with Crippen LogP contribution in [-0.2, 0) is 6.42 Å². The Bertz CT molecular complexity index is 587. The molecule has 1 unspecified atom stereocenters. The molecule has 0 aliphatic rings. The lowest BCUT2D eigenvalue weighted by molar-refractivity contribution is 0.482. The number of rotatable bonds is 5. The van der Waals surface area contributed by atoms with Gasteiger partial charge in [0.25, 0.3) is 0 Å². The third kappa shape index (κ3) is 3.36. The molecule has 0 bridgehead atoms. The van der Waals surface area contributed by atoms with E-state index in [4.69, 9.17) is 0 Å². The fourth-order valence-electron chi connectivity index (χ4n) is 2.07. The Morgan fingerprint density at radius 1 is 1.15 bits per heavy atom. The third-order valence-corrected chi connectivity index (χ3v) is 3.01. The Labute approximate surface area is 115 Å². The molecule has 0 amide bonds. The highest BCUT2D eigenvalue weighted by Crippen LogP contribution is 2.21. The first kappa shape index (κ1) is 14.5. The van der Waals surface area contributed by atoms with Crippen LogP contribution in [0.4, 0.5) is 13.2 Å². The third-order valence-electron chi connectivity index (χ3n) is 3.01. The number of aromatic nitrogens is 1. The molecule has 2 nitrogen and oxygen atoms in total. The summed E-state index contributed by atoms with van der Waals surface area (Å²) in [6, 6.07) is 5.74. The molecule has 106 valence electrons. The van der Waals surface area contributed by atoms with Gasteiger partial charge in [0, 0.05) is 12.3 Å². The van der Waals surface area contributed by atoms with Crippen molar-refractivity contribution in [2.75, 3.05) is 6.54 Å². The number of halogens is 3. The normalized spacial score (nSPS) is 12.4. The van der Waals surface area contributed by atoms with E-state index in [1.54, 1.807) is 0 Å².